The molecule has 6 nitrogen and oxygen atoms in total. The summed E-state index contributed by atoms with van der Waals surface area (Å²) in [4.78, 5) is 0.0108. The van der Waals surface area contributed by atoms with Crippen molar-refractivity contribution >= 4 is 39.7 Å². The summed E-state index contributed by atoms with van der Waals surface area (Å²) in [5.74, 6) is -0.755. The third-order valence-electron chi connectivity index (χ3n) is 6.26. The standard InChI is InChI=1S/C26H27ClF2N2O4S.ClH/c1-34-25-9-7-20(16-26(25)35-2)36(32,33)31(19-10-12-30-13-11-19)24-8-6-18(27)14-17(24)15-21-22(28)4-3-5-23(21)29;/h3-9,14,16,19,30H,10-13,15H2,1-2H3;1H. The summed E-state index contributed by atoms with van der Waals surface area (Å²) >= 11 is 6.26. The van der Waals surface area contributed by atoms with Crippen LogP contribution in [0.2, 0.25) is 5.02 Å². The van der Waals surface area contributed by atoms with Crippen LogP contribution >= 0.6 is 24.0 Å². The molecule has 4 rings (SSSR count). The molecule has 11 heteroatoms. The second kappa shape index (κ2) is 12.3. The molecule has 1 aliphatic heterocycles. The number of nitrogens with zero attached hydrogens (tertiary/aromatic N) is 1. The van der Waals surface area contributed by atoms with Crippen LogP contribution in [0.5, 0.6) is 11.5 Å². The lowest BCUT2D eigenvalue weighted by atomic mass is 10.00. The molecule has 0 aliphatic carbocycles. The third kappa shape index (κ3) is 6.12. The lowest BCUT2D eigenvalue weighted by molar-refractivity contribution is 0.354. The lowest BCUT2D eigenvalue weighted by Crippen LogP contribution is -2.46. The van der Waals surface area contributed by atoms with Gasteiger partial charge in [0.25, 0.3) is 10.0 Å². The van der Waals surface area contributed by atoms with E-state index in [2.05, 4.69) is 5.32 Å². The van der Waals surface area contributed by atoms with Gasteiger partial charge in [-0.15, -0.1) is 12.4 Å². The predicted molar refractivity (Wildman–Crippen MR) is 143 cm³/mol. The zero-order valence-corrected chi connectivity index (χ0v) is 22.7. The van der Waals surface area contributed by atoms with Crippen LogP contribution in [-0.2, 0) is 16.4 Å². The minimum absolute atomic E-state index is 0. The van der Waals surface area contributed by atoms with Gasteiger partial charge in [0, 0.05) is 29.1 Å². The Bertz CT molecular complexity index is 1330. The summed E-state index contributed by atoms with van der Waals surface area (Å²) in [5, 5.41) is 3.58. The van der Waals surface area contributed by atoms with Crippen molar-refractivity contribution < 1.29 is 26.7 Å². The first-order valence-corrected chi connectivity index (χ1v) is 13.3. The zero-order valence-electron chi connectivity index (χ0n) is 20.3. The van der Waals surface area contributed by atoms with E-state index in [4.69, 9.17) is 21.1 Å². The minimum Gasteiger partial charge on any atom is -0.493 e. The molecule has 0 saturated carbocycles. The molecule has 1 saturated heterocycles. The number of rotatable bonds is 8. The zero-order chi connectivity index (χ0) is 25.9. The first kappa shape index (κ1) is 29.0. The maximum Gasteiger partial charge on any atom is 0.264 e. The fraction of sp³-hybridized carbons (Fsp3) is 0.308. The van der Waals surface area contributed by atoms with E-state index in [1.807, 2.05) is 0 Å². The van der Waals surface area contributed by atoms with Crippen molar-refractivity contribution in [3.05, 3.63) is 82.4 Å². The normalized spacial score (nSPS) is 14.1. The first-order valence-electron chi connectivity index (χ1n) is 11.4. The molecule has 3 aromatic carbocycles. The van der Waals surface area contributed by atoms with Gasteiger partial charge in [0.05, 0.1) is 24.8 Å². The Morgan fingerprint density at radius 2 is 1.62 bits per heavy atom. The molecule has 0 amide bonds. The Balaban J connectivity index is 0.00000380. The highest BCUT2D eigenvalue weighted by atomic mass is 35.5. The summed E-state index contributed by atoms with van der Waals surface area (Å²) in [6.07, 6.45) is 0.947. The number of ether oxygens (including phenoxy) is 2. The monoisotopic (exact) mass is 572 g/mol. The highest BCUT2D eigenvalue weighted by Crippen LogP contribution is 2.37. The number of nitrogens with one attached hydrogen (secondary N) is 1. The van der Waals surface area contributed by atoms with Crippen molar-refractivity contribution in [2.24, 2.45) is 0 Å². The molecule has 0 radical (unpaired) electrons. The maximum absolute atomic E-state index is 14.5. The van der Waals surface area contributed by atoms with Crippen LogP contribution < -0.4 is 19.1 Å². The van der Waals surface area contributed by atoms with Crippen LogP contribution in [0.15, 0.2) is 59.5 Å². The number of methoxy groups -OCH3 is 2. The molecule has 0 spiro atoms. The summed E-state index contributed by atoms with van der Waals surface area (Å²) in [6.45, 7) is 1.26. The predicted octanol–water partition coefficient (Wildman–Crippen LogP) is 5.60. The molecule has 1 aliphatic rings. The van der Waals surface area contributed by atoms with Crippen molar-refractivity contribution in [3.8, 4) is 11.5 Å². The minimum atomic E-state index is -4.12. The second-order valence-corrected chi connectivity index (χ2v) is 10.7. The Labute approximate surface area is 227 Å². The molecule has 1 heterocycles. The molecule has 37 heavy (non-hydrogen) atoms. The Kier molecular flexibility index (Phi) is 9.63. The van der Waals surface area contributed by atoms with E-state index in [1.165, 1.54) is 54.9 Å². The summed E-state index contributed by atoms with van der Waals surface area (Å²) in [7, 11) is -1.22. The van der Waals surface area contributed by atoms with Gasteiger partial charge in [-0.05, 0) is 74.0 Å². The van der Waals surface area contributed by atoms with Crippen LogP contribution in [0.25, 0.3) is 0 Å². The van der Waals surface area contributed by atoms with E-state index in [0.717, 1.165) is 0 Å². The molecular formula is C26H28Cl2F2N2O4S. The number of piperidine rings is 1. The van der Waals surface area contributed by atoms with Gasteiger partial charge >= 0.3 is 0 Å². The van der Waals surface area contributed by atoms with Gasteiger partial charge in [0.1, 0.15) is 11.6 Å². The SMILES string of the molecule is COc1ccc(S(=O)(=O)N(c2ccc(Cl)cc2Cc2c(F)cccc2F)C2CCNCC2)cc1OC.Cl. The summed E-state index contributed by atoms with van der Waals surface area (Å²) in [5.41, 5.74) is 0.563. The van der Waals surface area contributed by atoms with Crippen LogP contribution in [0.3, 0.4) is 0 Å². The largest absolute Gasteiger partial charge is 0.493 e. The third-order valence-corrected chi connectivity index (χ3v) is 8.36. The van der Waals surface area contributed by atoms with Crippen LogP contribution in [0.4, 0.5) is 14.5 Å². The molecule has 3 aromatic rings. The van der Waals surface area contributed by atoms with Crippen LogP contribution in [0.1, 0.15) is 24.0 Å². The number of halogens is 4. The van der Waals surface area contributed by atoms with Gasteiger partial charge in [-0.2, -0.15) is 0 Å². The van der Waals surface area contributed by atoms with Gasteiger partial charge in [-0.3, -0.25) is 4.31 Å². The topological polar surface area (TPSA) is 67.9 Å². The Morgan fingerprint density at radius 1 is 0.973 bits per heavy atom. The van der Waals surface area contributed by atoms with Crippen molar-refractivity contribution in [2.75, 3.05) is 31.6 Å². The molecule has 200 valence electrons. The molecule has 0 unspecified atom stereocenters. The quantitative estimate of drug-likeness (QED) is 0.381. The second-order valence-electron chi connectivity index (χ2n) is 8.45. The molecule has 1 fully saturated rings. The maximum atomic E-state index is 14.5. The van der Waals surface area contributed by atoms with E-state index in [-0.39, 0.29) is 41.1 Å². The highest BCUT2D eigenvalue weighted by Gasteiger charge is 2.35. The lowest BCUT2D eigenvalue weighted by Gasteiger charge is -2.36. The molecular weight excluding hydrogens is 545 g/mol. The van der Waals surface area contributed by atoms with E-state index in [1.54, 1.807) is 18.2 Å². The van der Waals surface area contributed by atoms with Crippen molar-refractivity contribution in [3.63, 3.8) is 0 Å². The van der Waals surface area contributed by atoms with Gasteiger partial charge < -0.3 is 14.8 Å². The molecule has 0 atom stereocenters. The van der Waals surface area contributed by atoms with Crippen LogP contribution in [-0.4, -0.2) is 41.8 Å². The number of anilines is 1. The van der Waals surface area contributed by atoms with Crippen LogP contribution in [0, 0.1) is 11.6 Å². The van der Waals surface area contributed by atoms with Crippen molar-refractivity contribution in [1.82, 2.24) is 5.32 Å². The fourth-order valence-electron chi connectivity index (χ4n) is 4.46. The average molecular weight is 573 g/mol. The highest BCUT2D eigenvalue weighted by molar-refractivity contribution is 7.92. The Hall–Kier alpha value is -2.59. The molecule has 0 bridgehead atoms. The average Bonchev–Trinajstić information content (AvgIpc) is 2.87. The first-order chi connectivity index (χ1) is 17.3. The fourth-order valence-corrected chi connectivity index (χ4v) is 6.41. The van der Waals surface area contributed by atoms with E-state index < -0.39 is 21.7 Å². The smallest absolute Gasteiger partial charge is 0.264 e. The van der Waals surface area contributed by atoms with E-state index in [9.17, 15) is 17.2 Å². The van der Waals surface area contributed by atoms with E-state index in [0.29, 0.717) is 48.0 Å². The molecule has 1 N–H and O–H groups in total. The van der Waals surface area contributed by atoms with Gasteiger partial charge in [0.2, 0.25) is 0 Å². The number of hydrogen-bond donors (Lipinski definition) is 1. The number of sulfonamides is 1. The summed E-state index contributed by atoms with van der Waals surface area (Å²) < 4.78 is 69.3. The van der Waals surface area contributed by atoms with Gasteiger partial charge in [-0.25, -0.2) is 17.2 Å². The number of hydrogen-bond acceptors (Lipinski definition) is 5. The Morgan fingerprint density at radius 3 is 2.24 bits per heavy atom. The van der Waals surface area contributed by atoms with E-state index >= 15 is 0 Å². The summed E-state index contributed by atoms with van der Waals surface area (Å²) in [6, 6.07) is 12.4. The molecule has 0 aromatic heterocycles. The van der Waals surface area contributed by atoms with Crippen molar-refractivity contribution in [2.45, 2.75) is 30.2 Å². The van der Waals surface area contributed by atoms with Gasteiger partial charge in [-0.1, -0.05) is 17.7 Å². The van der Waals surface area contributed by atoms with Crippen molar-refractivity contribution in [1.29, 1.82) is 0 Å². The van der Waals surface area contributed by atoms with Gasteiger partial charge in [0.15, 0.2) is 11.5 Å². The number of benzene rings is 3.